The van der Waals surface area contributed by atoms with Gasteiger partial charge in [-0.05, 0) is 44.8 Å². The van der Waals surface area contributed by atoms with E-state index in [4.69, 9.17) is 4.43 Å². The molecule has 0 aromatic rings. The molecular formula is C17H34O3Si. The minimum Gasteiger partial charge on any atom is -0.414 e. The Bertz CT molecular complexity index is 354. The molecule has 0 aliphatic carbocycles. The zero-order valence-corrected chi connectivity index (χ0v) is 15.8. The van der Waals surface area contributed by atoms with Crippen LogP contribution in [0.5, 0.6) is 0 Å². The summed E-state index contributed by atoms with van der Waals surface area (Å²) in [5, 5.41) is 19.9. The van der Waals surface area contributed by atoms with E-state index in [0.717, 1.165) is 5.57 Å². The number of rotatable bonds is 8. The lowest BCUT2D eigenvalue weighted by Gasteiger charge is -2.36. The molecule has 0 radical (unpaired) electrons. The Hall–Kier alpha value is -0.423. The molecule has 0 fully saturated rings. The summed E-state index contributed by atoms with van der Waals surface area (Å²) in [6, 6.07) is 0. The minimum atomic E-state index is -1.79. The van der Waals surface area contributed by atoms with Gasteiger partial charge in [-0.25, -0.2) is 0 Å². The molecule has 0 aromatic carbocycles. The second kappa shape index (κ2) is 8.88. The molecule has 0 saturated heterocycles. The Balaban J connectivity index is 4.24. The van der Waals surface area contributed by atoms with E-state index in [1.807, 2.05) is 26.0 Å². The zero-order valence-electron chi connectivity index (χ0n) is 14.8. The molecule has 0 amide bonds. The summed E-state index contributed by atoms with van der Waals surface area (Å²) in [6.07, 6.45) is 5.88. The fourth-order valence-corrected chi connectivity index (χ4v) is 2.67. The summed E-state index contributed by atoms with van der Waals surface area (Å²) in [5.41, 5.74) is 1.09. The lowest BCUT2D eigenvalue weighted by molar-refractivity contribution is 0.102. The molecule has 0 aliphatic heterocycles. The van der Waals surface area contributed by atoms with Crippen molar-refractivity contribution >= 4 is 8.32 Å². The summed E-state index contributed by atoms with van der Waals surface area (Å²) in [5.74, 6) is 0. The van der Waals surface area contributed by atoms with Crippen molar-refractivity contribution in [1.82, 2.24) is 0 Å². The summed E-state index contributed by atoms with van der Waals surface area (Å²) >= 11 is 0. The molecule has 0 aliphatic rings. The van der Waals surface area contributed by atoms with Crippen molar-refractivity contribution in [1.29, 1.82) is 0 Å². The van der Waals surface area contributed by atoms with Crippen molar-refractivity contribution in [3.8, 4) is 0 Å². The molecule has 2 N–H and O–H groups in total. The smallest absolute Gasteiger partial charge is 0.192 e. The van der Waals surface area contributed by atoms with E-state index >= 15 is 0 Å². The van der Waals surface area contributed by atoms with Crippen LogP contribution in [0.1, 0.15) is 47.5 Å². The Morgan fingerprint density at radius 2 is 1.81 bits per heavy atom. The van der Waals surface area contributed by atoms with E-state index in [1.165, 1.54) is 0 Å². The monoisotopic (exact) mass is 314 g/mol. The molecule has 124 valence electrons. The van der Waals surface area contributed by atoms with Crippen molar-refractivity contribution in [3.05, 3.63) is 23.8 Å². The highest BCUT2D eigenvalue weighted by Crippen LogP contribution is 2.36. The van der Waals surface area contributed by atoms with Crippen molar-refractivity contribution in [2.45, 2.75) is 77.8 Å². The predicted octanol–water partition coefficient (Wildman–Crippen LogP) is 4.03. The Labute approximate surface area is 131 Å². The van der Waals surface area contributed by atoms with Gasteiger partial charge in [-0.1, -0.05) is 44.6 Å². The molecule has 0 rings (SSSR count). The topological polar surface area (TPSA) is 49.7 Å². The first-order chi connectivity index (χ1) is 9.49. The molecule has 0 bridgehead atoms. The van der Waals surface area contributed by atoms with Gasteiger partial charge in [-0.3, -0.25) is 0 Å². The van der Waals surface area contributed by atoms with Crippen LogP contribution in [0, 0.1) is 0 Å². The van der Waals surface area contributed by atoms with Gasteiger partial charge in [0.05, 0.1) is 18.8 Å². The lowest BCUT2D eigenvalue weighted by atomic mass is 10.1. The van der Waals surface area contributed by atoms with Gasteiger partial charge in [0.2, 0.25) is 0 Å². The van der Waals surface area contributed by atoms with Crippen LogP contribution < -0.4 is 0 Å². The molecule has 21 heavy (non-hydrogen) atoms. The van der Waals surface area contributed by atoms with Crippen LogP contribution >= 0.6 is 0 Å². The van der Waals surface area contributed by atoms with Gasteiger partial charge in [0.1, 0.15) is 0 Å². The van der Waals surface area contributed by atoms with Crippen LogP contribution in [-0.4, -0.2) is 37.3 Å². The van der Waals surface area contributed by atoms with E-state index in [1.54, 1.807) is 6.08 Å². The van der Waals surface area contributed by atoms with Gasteiger partial charge in [-0.15, -0.1) is 0 Å². The normalized spacial score (nSPS) is 17.3. The second-order valence-electron chi connectivity index (χ2n) is 7.31. The number of hydrogen-bond acceptors (Lipinski definition) is 3. The Morgan fingerprint density at radius 3 is 2.29 bits per heavy atom. The van der Waals surface area contributed by atoms with E-state index in [-0.39, 0.29) is 5.04 Å². The molecular weight excluding hydrogens is 280 g/mol. The first kappa shape index (κ1) is 20.6. The van der Waals surface area contributed by atoms with Crippen LogP contribution in [0.25, 0.3) is 0 Å². The van der Waals surface area contributed by atoms with Crippen LogP contribution in [0.15, 0.2) is 23.8 Å². The van der Waals surface area contributed by atoms with Gasteiger partial charge in [0, 0.05) is 0 Å². The van der Waals surface area contributed by atoms with Crippen molar-refractivity contribution < 1.29 is 14.6 Å². The van der Waals surface area contributed by atoms with Crippen LogP contribution in [-0.2, 0) is 4.43 Å². The predicted molar refractivity (Wildman–Crippen MR) is 93.0 cm³/mol. The second-order valence-corrected chi connectivity index (χ2v) is 12.1. The maximum absolute atomic E-state index is 10.0. The largest absolute Gasteiger partial charge is 0.414 e. The molecule has 0 aromatic heterocycles. The average Bonchev–Trinajstić information content (AvgIpc) is 2.32. The quantitative estimate of drug-likeness (QED) is 0.525. The molecule has 4 heteroatoms. The lowest BCUT2D eigenvalue weighted by Crippen LogP contribution is -2.42. The highest BCUT2D eigenvalue weighted by atomic mass is 28.4. The van der Waals surface area contributed by atoms with E-state index in [2.05, 4.69) is 33.9 Å². The molecule has 0 unspecified atom stereocenters. The maximum atomic E-state index is 10.0. The first-order valence-electron chi connectivity index (χ1n) is 7.78. The zero-order chi connectivity index (χ0) is 16.7. The molecule has 0 saturated carbocycles. The average molecular weight is 315 g/mol. The molecule has 2 atom stereocenters. The standard InChI is InChI=1S/C17H34O3Si/c1-8-9-15(18)12-14(2)10-11-16(19)13-20-21(6,7)17(3,4)5/h8-10,15-16,18-19H,11-13H2,1-7H3/b9-8+,14-10+/t15-,16-/m0/s1. The molecule has 3 nitrogen and oxygen atoms in total. The summed E-state index contributed by atoms with van der Waals surface area (Å²) < 4.78 is 6.01. The fourth-order valence-electron chi connectivity index (χ4n) is 1.63. The number of hydrogen-bond donors (Lipinski definition) is 2. The van der Waals surface area contributed by atoms with E-state index < -0.39 is 20.5 Å². The molecule has 0 spiro atoms. The van der Waals surface area contributed by atoms with Crippen LogP contribution in [0.2, 0.25) is 18.1 Å². The number of allylic oxidation sites excluding steroid dienone is 1. The maximum Gasteiger partial charge on any atom is 0.192 e. The molecule has 0 heterocycles. The van der Waals surface area contributed by atoms with Crippen LogP contribution in [0.4, 0.5) is 0 Å². The van der Waals surface area contributed by atoms with Gasteiger partial charge in [0.15, 0.2) is 8.32 Å². The van der Waals surface area contributed by atoms with E-state index in [9.17, 15) is 10.2 Å². The van der Waals surface area contributed by atoms with Crippen molar-refractivity contribution in [2.75, 3.05) is 6.61 Å². The fraction of sp³-hybridized carbons (Fsp3) is 0.765. The van der Waals surface area contributed by atoms with Gasteiger partial charge >= 0.3 is 0 Å². The van der Waals surface area contributed by atoms with Gasteiger partial charge in [0.25, 0.3) is 0 Å². The van der Waals surface area contributed by atoms with E-state index in [0.29, 0.717) is 19.4 Å². The van der Waals surface area contributed by atoms with Crippen molar-refractivity contribution in [3.63, 3.8) is 0 Å². The van der Waals surface area contributed by atoms with Crippen molar-refractivity contribution in [2.24, 2.45) is 0 Å². The van der Waals surface area contributed by atoms with Gasteiger partial charge in [-0.2, -0.15) is 0 Å². The highest BCUT2D eigenvalue weighted by molar-refractivity contribution is 6.74. The Morgan fingerprint density at radius 1 is 1.24 bits per heavy atom. The number of aliphatic hydroxyl groups is 2. The van der Waals surface area contributed by atoms with Gasteiger partial charge < -0.3 is 14.6 Å². The summed E-state index contributed by atoms with van der Waals surface area (Å²) in [4.78, 5) is 0. The summed E-state index contributed by atoms with van der Waals surface area (Å²) in [6.45, 7) is 15.2. The number of aliphatic hydroxyl groups excluding tert-OH is 2. The third-order valence-electron chi connectivity index (χ3n) is 4.13. The van der Waals surface area contributed by atoms with Crippen LogP contribution in [0.3, 0.4) is 0 Å². The minimum absolute atomic E-state index is 0.162. The first-order valence-corrected chi connectivity index (χ1v) is 10.7. The SMILES string of the molecule is C/C=C/[C@H](O)C/C(C)=C/C[C@H](O)CO[Si](C)(C)C(C)(C)C. The third-order valence-corrected chi connectivity index (χ3v) is 8.63. The third kappa shape index (κ3) is 8.56. The highest BCUT2D eigenvalue weighted by Gasteiger charge is 2.37. The Kier molecular flexibility index (Phi) is 8.70. The summed E-state index contributed by atoms with van der Waals surface area (Å²) in [7, 11) is -1.79.